The second-order valence-electron chi connectivity index (χ2n) is 12.7. The summed E-state index contributed by atoms with van der Waals surface area (Å²) in [5.74, 6) is 1.19. The number of nitrogens with zero attached hydrogens (tertiary/aromatic N) is 6. The number of hydrogen-bond donors (Lipinski definition) is 3. The first-order chi connectivity index (χ1) is 22.9. The molecule has 13 heteroatoms. The smallest absolute Gasteiger partial charge is 0.359 e. The second kappa shape index (κ2) is 13.4. The van der Waals surface area contributed by atoms with Gasteiger partial charge in [-0.3, -0.25) is 19.6 Å². The molecule has 2 aromatic heterocycles. The van der Waals surface area contributed by atoms with Crippen LogP contribution in [0.4, 0.5) is 0 Å². The van der Waals surface area contributed by atoms with Gasteiger partial charge in [-0.25, -0.2) is 11.6 Å². The van der Waals surface area contributed by atoms with Crippen LogP contribution in [-0.4, -0.2) is 99.7 Å². The van der Waals surface area contributed by atoms with Crippen LogP contribution < -0.4 is 10.5 Å². The topological polar surface area (TPSA) is 125 Å². The highest BCUT2D eigenvalue weighted by Crippen LogP contribution is 2.41. The molecule has 11 nitrogen and oxygen atoms in total. The minimum absolute atomic E-state index is 0.254. The fourth-order valence-corrected chi connectivity index (χ4v) is 6.99. The Balaban J connectivity index is 1.27. The molecule has 0 spiro atoms. The normalized spacial score (nSPS) is 19.0. The number of aliphatic hydroxyl groups is 2. The maximum absolute atomic E-state index is 10.1. The Morgan fingerprint density at radius 1 is 1.02 bits per heavy atom. The summed E-state index contributed by atoms with van der Waals surface area (Å²) >= 11 is 14.2. The highest BCUT2D eigenvalue weighted by molar-refractivity contribution is 6.38. The number of nitrogens with two attached hydrogens (primary N) is 1. The number of allylic oxidation sites excluding steroid dienone is 2. The van der Waals surface area contributed by atoms with Gasteiger partial charge in [0, 0.05) is 78.3 Å². The Labute approximate surface area is 289 Å². The van der Waals surface area contributed by atoms with E-state index in [1.54, 1.807) is 26.6 Å². The number of methoxy groups -OCH3 is 2. The van der Waals surface area contributed by atoms with Crippen molar-refractivity contribution in [2.24, 2.45) is 5.73 Å². The van der Waals surface area contributed by atoms with Crippen LogP contribution >= 0.6 is 23.2 Å². The lowest BCUT2D eigenvalue weighted by atomic mass is 9.96. The van der Waals surface area contributed by atoms with Gasteiger partial charge in [0.2, 0.25) is 5.88 Å². The summed E-state index contributed by atoms with van der Waals surface area (Å²) in [6, 6.07) is 11.5. The molecule has 3 aromatic rings. The van der Waals surface area contributed by atoms with Crippen molar-refractivity contribution in [1.29, 1.82) is 0 Å². The molecular weight excluding hydrogens is 653 g/mol. The van der Waals surface area contributed by atoms with E-state index in [0.29, 0.717) is 77.1 Å². The van der Waals surface area contributed by atoms with E-state index in [9.17, 15) is 10.2 Å². The zero-order valence-corrected chi connectivity index (χ0v) is 28.5. The van der Waals surface area contributed by atoms with Gasteiger partial charge in [0.25, 0.3) is 0 Å². The van der Waals surface area contributed by atoms with Gasteiger partial charge in [0.1, 0.15) is 18.8 Å². The van der Waals surface area contributed by atoms with Crippen LogP contribution in [-0.2, 0) is 11.3 Å². The predicted molar refractivity (Wildman–Crippen MR) is 185 cm³/mol. The molecule has 5 heterocycles. The Bertz CT molecular complexity index is 1860. The molecule has 1 aromatic carbocycles. The fourth-order valence-electron chi connectivity index (χ4n) is 6.34. The predicted octanol–water partition coefficient (Wildman–Crippen LogP) is 4.60. The van der Waals surface area contributed by atoms with E-state index in [4.69, 9.17) is 50.0 Å². The summed E-state index contributed by atoms with van der Waals surface area (Å²) in [6.45, 7) is 12.1. The highest BCUT2D eigenvalue weighted by Gasteiger charge is 2.48. The van der Waals surface area contributed by atoms with Crippen LogP contribution in [0, 0.1) is 6.57 Å². The Kier molecular flexibility index (Phi) is 9.42. The molecule has 3 aliphatic rings. The molecule has 0 atom stereocenters. The molecule has 3 aliphatic heterocycles. The lowest BCUT2D eigenvalue weighted by Gasteiger charge is -2.44. The van der Waals surface area contributed by atoms with Gasteiger partial charge in [-0.05, 0) is 25.1 Å². The van der Waals surface area contributed by atoms with Gasteiger partial charge in [-0.1, -0.05) is 47.5 Å². The third-order valence-electron chi connectivity index (χ3n) is 8.50. The van der Waals surface area contributed by atoms with Crippen molar-refractivity contribution in [3.8, 4) is 28.3 Å². The zero-order valence-electron chi connectivity index (χ0n) is 27.0. The fraction of sp³-hybridized carbons (Fsp3) is 0.343. The van der Waals surface area contributed by atoms with E-state index in [-0.39, 0.29) is 13.1 Å². The standard InChI is InChI=1S/C35H37Cl2N7O4/c1-34(45)18-43(19-34)13-22-8-9-29(41-33(22)48-4)28-7-5-6-26(30(28)36)27-10-11-40-32(31(27)37)23-12-25(47-3)17-42(14-23)15-24(38)16-44-20-35(46,21-44)39-2/h5-12,14-15,45-46H,13,16-21,38H2,1,3-4H3/b24-15-. The Morgan fingerprint density at radius 2 is 1.75 bits per heavy atom. The summed E-state index contributed by atoms with van der Waals surface area (Å²) in [7, 11) is 3.20. The molecule has 0 saturated carbocycles. The Hall–Kier alpha value is -4.15. The average Bonchev–Trinajstić information content (AvgIpc) is 3.03. The quantitative estimate of drug-likeness (QED) is 0.260. The third kappa shape index (κ3) is 7.00. The lowest BCUT2D eigenvalue weighted by molar-refractivity contribution is -0.0873. The molecule has 0 bridgehead atoms. The van der Waals surface area contributed by atoms with Crippen LogP contribution in [0.25, 0.3) is 32.8 Å². The van der Waals surface area contributed by atoms with Crippen LogP contribution in [0.1, 0.15) is 18.2 Å². The minimum Gasteiger partial charge on any atom is -0.499 e. The second-order valence-corrected chi connectivity index (χ2v) is 13.5. The van der Waals surface area contributed by atoms with E-state index in [0.717, 1.165) is 22.3 Å². The van der Waals surface area contributed by atoms with E-state index in [1.807, 2.05) is 65.4 Å². The molecule has 250 valence electrons. The Morgan fingerprint density at radius 3 is 2.44 bits per heavy atom. The summed E-state index contributed by atoms with van der Waals surface area (Å²) in [5, 5.41) is 21.0. The summed E-state index contributed by atoms with van der Waals surface area (Å²) in [5.41, 5.74) is 9.91. The first kappa shape index (κ1) is 33.7. The first-order valence-corrected chi connectivity index (χ1v) is 16.1. The molecule has 0 aliphatic carbocycles. The summed E-state index contributed by atoms with van der Waals surface area (Å²) < 4.78 is 11.3. The molecule has 0 radical (unpaired) electrons. The van der Waals surface area contributed by atoms with Crippen molar-refractivity contribution in [3.63, 3.8) is 0 Å². The minimum atomic E-state index is -1.33. The van der Waals surface area contributed by atoms with Crippen LogP contribution in [0.5, 0.6) is 5.88 Å². The number of halogens is 2. The number of aromatic nitrogens is 2. The van der Waals surface area contributed by atoms with Gasteiger partial charge in [0.05, 0.1) is 47.8 Å². The van der Waals surface area contributed by atoms with Crippen molar-refractivity contribution in [2.45, 2.75) is 24.8 Å². The van der Waals surface area contributed by atoms with Gasteiger partial charge in [-0.15, -0.1) is 0 Å². The van der Waals surface area contributed by atoms with Crippen LogP contribution in [0.2, 0.25) is 10.0 Å². The molecular formula is C35H37Cl2N7O4. The van der Waals surface area contributed by atoms with E-state index in [2.05, 4.69) is 14.7 Å². The van der Waals surface area contributed by atoms with E-state index >= 15 is 0 Å². The SMILES string of the molecule is [C-]#[N+]C1(O)CN(C/C(N)=C/N2C=C(c3nccc(-c4cccc(-c5ccc(CN6CC(C)(O)C6)c(OC)n5)c4Cl)c3Cl)C=C(OC)C2)C1. The number of hydrogen-bond acceptors (Lipinski definition) is 10. The molecule has 4 N–H and O–H groups in total. The maximum Gasteiger partial charge on any atom is 0.359 e. The molecule has 0 unspecified atom stereocenters. The van der Waals surface area contributed by atoms with Gasteiger partial charge >= 0.3 is 5.72 Å². The third-order valence-corrected chi connectivity index (χ3v) is 9.29. The van der Waals surface area contributed by atoms with Crippen molar-refractivity contribution >= 4 is 28.8 Å². The summed E-state index contributed by atoms with van der Waals surface area (Å²) in [6.07, 6.45) is 7.28. The van der Waals surface area contributed by atoms with Crippen molar-refractivity contribution < 1.29 is 19.7 Å². The van der Waals surface area contributed by atoms with Gasteiger partial charge < -0.3 is 30.3 Å². The van der Waals surface area contributed by atoms with Gasteiger partial charge in [-0.2, -0.15) is 0 Å². The zero-order chi connectivity index (χ0) is 34.2. The van der Waals surface area contributed by atoms with Gasteiger partial charge in [0.15, 0.2) is 0 Å². The number of ether oxygens (including phenoxy) is 2. The maximum atomic E-state index is 10.1. The largest absolute Gasteiger partial charge is 0.499 e. The van der Waals surface area contributed by atoms with E-state index < -0.39 is 11.3 Å². The number of β-amino-alcohol motifs (C(OH)–C–C–N with tert-alkyl or cyclic N) is 2. The number of benzene rings is 1. The number of pyridine rings is 2. The molecule has 6 rings (SSSR count). The van der Waals surface area contributed by atoms with Crippen molar-refractivity contribution in [3.05, 3.63) is 105 Å². The molecule has 48 heavy (non-hydrogen) atoms. The monoisotopic (exact) mass is 689 g/mol. The van der Waals surface area contributed by atoms with Crippen molar-refractivity contribution in [1.82, 2.24) is 24.7 Å². The number of rotatable bonds is 10. The average molecular weight is 691 g/mol. The highest BCUT2D eigenvalue weighted by atomic mass is 35.5. The van der Waals surface area contributed by atoms with Crippen LogP contribution in [0.15, 0.2) is 72.5 Å². The lowest BCUT2D eigenvalue weighted by Crippen LogP contribution is -2.60. The first-order valence-electron chi connectivity index (χ1n) is 15.4. The number of likely N-dealkylation sites (tertiary alicyclic amines) is 2. The molecule has 2 saturated heterocycles. The molecule has 0 amide bonds. The van der Waals surface area contributed by atoms with Crippen molar-refractivity contribution in [2.75, 3.05) is 53.5 Å². The van der Waals surface area contributed by atoms with E-state index in [1.165, 1.54) is 0 Å². The van der Waals surface area contributed by atoms with Crippen LogP contribution in [0.3, 0.4) is 0 Å². The molecule has 2 fully saturated rings. The summed E-state index contributed by atoms with van der Waals surface area (Å²) in [4.78, 5) is 18.6.